The predicted molar refractivity (Wildman–Crippen MR) is 89.9 cm³/mol. The molecule has 0 amide bonds. The van der Waals surface area contributed by atoms with Crippen molar-refractivity contribution in [3.05, 3.63) is 34.9 Å². The van der Waals surface area contributed by atoms with Crippen LogP contribution in [0.2, 0.25) is 5.02 Å². The summed E-state index contributed by atoms with van der Waals surface area (Å²) in [6, 6.07) is 8.07. The van der Waals surface area contributed by atoms with E-state index >= 15 is 0 Å². The summed E-state index contributed by atoms with van der Waals surface area (Å²) in [6.07, 6.45) is 6.63. The molecule has 3 atom stereocenters. The molecule has 1 fully saturated rings. The third-order valence-electron chi connectivity index (χ3n) is 4.38. The molecule has 0 aromatic heterocycles. The number of ether oxygens (including phenoxy) is 1. The molecule has 0 heterocycles. The van der Waals surface area contributed by atoms with Crippen molar-refractivity contribution in [2.45, 2.75) is 58.2 Å². The van der Waals surface area contributed by atoms with Gasteiger partial charge in [-0.3, -0.25) is 0 Å². The summed E-state index contributed by atoms with van der Waals surface area (Å²) in [5, 5.41) is 4.29. The summed E-state index contributed by atoms with van der Waals surface area (Å²) in [5.74, 6) is 0.648. The van der Waals surface area contributed by atoms with Crippen LogP contribution in [0.25, 0.3) is 0 Å². The fourth-order valence-corrected chi connectivity index (χ4v) is 3.33. The zero-order valence-corrected chi connectivity index (χ0v) is 14.0. The lowest BCUT2D eigenvalue weighted by Crippen LogP contribution is -2.32. The van der Waals surface area contributed by atoms with Gasteiger partial charge in [0.2, 0.25) is 0 Å². The Hall–Kier alpha value is -0.570. The van der Waals surface area contributed by atoms with E-state index in [0.717, 1.165) is 30.1 Å². The van der Waals surface area contributed by atoms with Crippen molar-refractivity contribution >= 4 is 11.6 Å². The highest BCUT2D eigenvalue weighted by molar-refractivity contribution is 6.31. The van der Waals surface area contributed by atoms with E-state index < -0.39 is 0 Å². The first kappa shape index (κ1) is 16.8. The first-order valence-electron chi connectivity index (χ1n) is 8.33. The van der Waals surface area contributed by atoms with Gasteiger partial charge in [0.05, 0.1) is 12.2 Å². The SMILES string of the molecule is CCCNCC(OC1CCCCC1C)c1ccccc1Cl. The lowest BCUT2D eigenvalue weighted by molar-refractivity contribution is -0.0563. The van der Waals surface area contributed by atoms with E-state index in [2.05, 4.69) is 25.2 Å². The van der Waals surface area contributed by atoms with Gasteiger partial charge in [-0.2, -0.15) is 0 Å². The highest BCUT2D eigenvalue weighted by Crippen LogP contribution is 2.32. The molecule has 0 bridgehead atoms. The van der Waals surface area contributed by atoms with Crippen molar-refractivity contribution in [2.75, 3.05) is 13.1 Å². The minimum Gasteiger partial charge on any atom is -0.369 e. The second-order valence-corrected chi connectivity index (χ2v) is 6.56. The minimum absolute atomic E-state index is 0.0517. The van der Waals surface area contributed by atoms with Crippen LogP contribution in [-0.2, 0) is 4.74 Å². The van der Waals surface area contributed by atoms with Crippen LogP contribution in [0.5, 0.6) is 0 Å². The minimum atomic E-state index is 0.0517. The molecule has 1 saturated carbocycles. The first-order valence-corrected chi connectivity index (χ1v) is 8.70. The fourth-order valence-electron chi connectivity index (χ4n) is 3.07. The Balaban J connectivity index is 2.06. The van der Waals surface area contributed by atoms with Crippen LogP contribution in [-0.4, -0.2) is 19.2 Å². The number of rotatable bonds is 7. The van der Waals surface area contributed by atoms with Gasteiger partial charge in [0, 0.05) is 17.1 Å². The number of hydrogen-bond donors (Lipinski definition) is 1. The second kappa shape index (κ2) is 8.77. The maximum Gasteiger partial charge on any atom is 0.0967 e. The highest BCUT2D eigenvalue weighted by atomic mass is 35.5. The summed E-state index contributed by atoms with van der Waals surface area (Å²) >= 11 is 6.38. The second-order valence-electron chi connectivity index (χ2n) is 6.15. The summed E-state index contributed by atoms with van der Waals surface area (Å²) in [6.45, 7) is 6.35. The smallest absolute Gasteiger partial charge is 0.0967 e. The van der Waals surface area contributed by atoms with Crippen LogP contribution in [0.4, 0.5) is 0 Å². The zero-order chi connectivity index (χ0) is 15.1. The number of nitrogens with one attached hydrogen (secondary N) is 1. The van der Waals surface area contributed by atoms with Crippen molar-refractivity contribution in [2.24, 2.45) is 5.92 Å². The van der Waals surface area contributed by atoms with E-state index in [4.69, 9.17) is 16.3 Å². The Morgan fingerprint density at radius 2 is 2.05 bits per heavy atom. The van der Waals surface area contributed by atoms with Gasteiger partial charge < -0.3 is 10.1 Å². The van der Waals surface area contributed by atoms with E-state index in [9.17, 15) is 0 Å². The average molecular weight is 310 g/mol. The molecule has 0 spiro atoms. The lowest BCUT2D eigenvalue weighted by atomic mass is 9.87. The van der Waals surface area contributed by atoms with Crippen LogP contribution >= 0.6 is 11.6 Å². The van der Waals surface area contributed by atoms with Gasteiger partial charge in [0.25, 0.3) is 0 Å². The monoisotopic (exact) mass is 309 g/mol. The van der Waals surface area contributed by atoms with Crippen LogP contribution < -0.4 is 5.32 Å². The van der Waals surface area contributed by atoms with Crippen LogP contribution in [0.3, 0.4) is 0 Å². The van der Waals surface area contributed by atoms with E-state index in [1.54, 1.807) is 0 Å². The quantitative estimate of drug-likeness (QED) is 0.717. The molecule has 3 heteroatoms. The molecule has 118 valence electrons. The third kappa shape index (κ3) is 4.98. The number of halogens is 1. The van der Waals surface area contributed by atoms with Gasteiger partial charge in [0.1, 0.15) is 0 Å². The van der Waals surface area contributed by atoms with Gasteiger partial charge in [-0.25, -0.2) is 0 Å². The summed E-state index contributed by atoms with van der Waals surface area (Å²) in [5.41, 5.74) is 1.11. The maximum atomic E-state index is 6.47. The molecule has 2 rings (SSSR count). The number of hydrogen-bond acceptors (Lipinski definition) is 2. The van der Waals surface area contributed by atoms with Crippen LogP contribution in [0.15, 0.2) is 24.3 Å². The van der Waals surface area contributed by atoms with Crippen molar-refractivity contribution < 1.29 is 4.74 Å². The predicted octanol–water partition coefficient (Wildman–Crippen LogP) is 4.98. The molecule has 2 nitrogen and oxygen atoms in total. The van der Waals surface area contributed by atoms with Crippen molar-refractivity contribution in [1.82, 2.24) is 5.32 Å². The largest absolute Gasteiger partial charge is 0.369 e. The Kier molecular flexibility index (Phi) is 7.01. The van der Waals surface area contributed by atoms with E-state index in [1.165, 1.54) is 25.7 Å². The number of benzene rings is 1. The van der Waals surface area contributed by atoms with Crippen LogP contribution in [0, 0.1) is 5.92 Å². The molecule has 0 radical (unpaired) electrons. The standard InChI is InChI=1S/C18H28ClNO/c1-3-12-20-13-18(15-9-5-6-10-16(15)19)21-17-11-7-4-8-14(17)2/h5-6,9-10,14,17-18,20H,3-4,7-8,11-13H2,1-2H3. The molecule has 21 heavy (non-hydrogen) atoms. The fraction of sp³-hybridized carbons (Fsp3) is 0.667. The molecule has 1 aliphatic carbocycles. The third-order valence-corrected chi connectivity index (χ3v) is 4.72. The Labute approximate surface area is 134 Å². The molecular weight excluding hydrogens is 282 g/mol. The Bertz CT molecular complexity index is 423. The summed E-state index contributed by atoms with van der Waals surface area (Å²) in [7, 11) is 0. The lowest BCUT2D eigenvalue weighted by Gasteiger charge is -2.33. The van der Waals surface area contributed by atoms with E-state index in [0.29, 0.717) is 12.0 Å². The van der Waals surface area contributed by atoms with Gasteiger partial charge in [-0.1, -0.05) is 56.5 Å². The van der Waals surface area contributed by atoms with Crippen molar-refractivity contribution in [3.8, 4) is 0 Å². The van der Waals surface area contributed by atoms with Crippen LogP contribution in [0.1, 0.15) is 57.6 Å². The Morgan fingerprint density at radius 3 is 2.76 bits per heavy atom. The zero-order valence-electron chi connectivity index (χ0n) is 13.3. The first-order chi connectivity index (χ1) is 10.2. The molecule has 3 unspecified atom stereocenters. The van der Waals surface area contributed by atoms with Gasteiger partial charge in [-0.15, -0.1) is 0 Å². The maximum absolute atomic E-state index is 6.47. The van der Waals surface area contributed by atoms with Crippen molar-refractivity contribution in [1.29, 1.82) is 0 Å². The van der Waals surface area contributed by atoms with E-state index in [1.807, 2.05) is 18.2 Å². The normalized spacial score (nSPS) is 24.0. The molecule has 0 saturated heterocycles. The molecule has 1 N–H and O–H groups in total. The summed E-state index contributed by atoms with van der Waals surface area (Å²) in [4.78, 5) is 0. The summed E-state index contributed by atoms with van der Waals surface area (Å²) < 4.78 is 6.47. The molecule has 0 aliphatic heterocycles. The molecule has 1 aliphatic rings. The van der Waals surface area contributed by atoms with E-state index in [-0.39, 0.29) is 6.10 Å². The molecular formula is C18H28ClNO. The van der Waals surface area contributed by atoms with Gasteiger partial charge in [0.15, 0.2) is 0 Å². The topological polar surface area (TPSA) is 21.3 Å². The average Bonchev–Trinajstić information content (AvgIpc) is 2.49. The highest BCUT2D eigenvalue weighted by Gasteiger charge is 2.26. The molecule has 1 aromatic carbocycles. The van der Waals surface area contributed by atoms with Gasteiger partial charge >= 0.3 is 0 Å². The Morgan fingerprint density at radius 1 is 1.29 bits per heavy atom. The van der Waals surface area contributed by atoms with Crippen molar-refractivity contribution in [3.63, 3.8) is 0 Å². The molecule has 1 aromatic rings. The van der Waals surface area contributed by atoms with Gasteiger partial charge in [-0.05, 0) is 37.8 Å².